The maximum atomic E-state index is 5.97. The molecule has 0 amide bonds. The standard InChI is InChI=1S/C18H35N3O2.HI/c1-3-19-18(21(2)14-16-10-13-22-15-16)20-11-7-12-23-17-8-5-4-6-9-17;/h16-17H,3-15H2,1-2H3,(H,19,20);1H. The molecule has 1 aliphatic carbocycles. The Morgan fingerprint density at radius 2 is 2.04 bits per heavy atom. The van der Waals surface area contributed by atoms with Gasteiger partial charge < -0.3 is 19.7 Å². The van der Waals surface area contributed by atoms with E-state index < -0.39 is 0 Å². The zero-order chi connectivity index (χ0) is 16.3. The number of ether oxygens (including phenoxy) is 2. The predicted octanol–water partition coefficient (Wildman–Crippen LogP) is 3.28. The van der Waals surface area contributed by atoms with Gasteiger partial charge in [-0.25, -0.2) is 0 Å². The van der Waals surface area contributed by atoms with Crippen LogP contribution in [0.4, 0.5) is 0 Å². The van der Waals surface area contributed by atoms with Crippen molar-refractivity contribution in [2.75, 3.05) is 46.5 Å². The number of rotatable bonds is 8. The number of nitrogens with one attached hydrogen (secondary N) is 1. The minimum atomic E-state index is 0. The molecule has 0 aromatic carbocycles. The second-order valence-electron chi connectivity index (χ2n) is 6.83. The molecule has 2 aliphatic rings. The number of guanidine groups is 1. The summed E-state index contributed by atoms with van der Waals surface area (Å²) in [5.74, 6) is 1.65. The van der Waals surface area contributed by atoms with E-state index in [1.165, 1.54) is 38.5 Å². The third-order valence-corrected chi connectivity index (χ3v) is 4.72. The van der Waals surface area contributed by atoms with E-state index in [0.29, 0.717) is 12.0 Å². The van der Waals surface area contributed by atoms with Gasteiger partial charge in [-0.1, -0.05) is 19.3 Å². The van der Waals surface area contributed by atoms with Gasteiger partial charge in [0.2, 0.25) is 0 Å². The van der Waals surface area contributed by atoms with E-state index in [1.54, 1.807) is 0 Å². The van der Waals surface area contributed by atoms with Crippen LogP contribution in [0.5, 0.6) is 0 Å². The van der Waals surface area contributed by atoms with Crippen LogP contribution in [0.25, 0.3) is 0 Å². The molecule has 2 rings (SSSR count). The second-order valence-corrected chi connectivity index (χ2v) is 6.83. The lowest BCUT2D eigenvalue weighted by Crippen LogP contribution is -2.41. The molecule has 1 unspecified atom stereocenters. The summed E-state index contributed by atoms with van der Waals surface area (Å²) in [4.78, 5) is 6.99. The van der Waals surface area contributed by atoms with E-state index in [9.17, 15) is 0 Å². The van der Waals surface area contributed by atoms with Crippen molar-refractivity contribution in [1.29, 1.82) is 0 Å². The summed E-state index contributed by atoms with van der Waals surface area (Å²) in [5, 5.41) is 3.39. The average molecular weight is 453 g/mol. The van der Waals surface area contributed by atoms with E-state index in [-0.39, 0.29) is 24.0 Å². The van der Waals surface area contributed by atoms with Crippen molar-refractivity contribution < 1.29 is 9.47 Å². The third-order valence-electron chi connectivity index (χ3n) is 4.72. The van der Waals surface area contributed by atoms with Crippen LogP contribution in [0.15, 0.2) is 4.99 Å². The largest absolute Gasteiger partial charge is 0.381 e. The lowest BCUT2D eigenvalue weighted by molar-refractivity contribution is 0.0281. The van der Waals surface area contributed by atoms with Gasteiger partial charge in [0.25, 0.3) is 0 Å². The quantitative estimate of drug-likeness (QED) is 0.265. The average Bonchev–Trinajstić information content (AvgIpc) is 3.07. The van der Waals surface area contributed by atoms with Crippen molar-refractivity contribution in [3.8, 4) is 0 Å². The monoisotopic (exact) mass is 453 g/mol. The van der Waals surface area contributed by atoms with E-state index in [2.05, 4.69) is 24.2 Å². The normalized spacial score (nSPS) is 22.2. The molecular formula is C18H36IN3O2. The van der Waals surface area contributed by atoms with Crippen molar-refractivity contribution in [2.24, 2.45) is 10.9 Å². The minimum absolute atomic E-state index is 0. The van der Waals surface area contributed by atoms with Crippen molar-refractivity contribution >= 4 is 29.9 Å². The summed E-state index contributed by atoms with van der Waals surface area (Å²) < 4.78 is 11.4. The highest BCUT2D eigenvalue weighted by atomic mass is 127. The minimum Gasteiger partial charge on any atom is -0.381 e. The van der Waals surface area contributed by atoms with E-state index in [0.717, 1.165) is 51.8 Å². The second kappa shape index (κ2) is 13.2. The van der Waals surface area contributed by atoms with Gasteiger partial charge in [-0.3, -0.25) is 4.99 Å². The Morgan fingerprint density at radius 1 is 1.25 bits per heavy atom. The lowest BCUT2D eigenvalue weighted by atomic mass is 9.98. The van der Waals surface area contributed by atoms with E-state index in [1.807, 2.05) is 0 Å². The molecular weight excluding hydrogens is 417 g/mol. The van der Waals surface area contributed by atoms with Crippen molar-refractivity contribution in [3.63, 3.8) is 0 Å². The Hall–Kier alpha value is -0.0800. The van der Waals surface area contributed by atoms with Crippen LogP contribution in [0.1, 0.15) is 51.9 Å². The zero-order valence-corrected chi connectivity index (χ0v) is 17.8. The maximum Gasteiger partial charge on any atom is 0.193 e. The van der Waals surface area contributed by atoms with Gasteiger partial charge in [0.15, 0.2) is 5.96 Å². The van der Waals surface area contributed by atoms with Crippen molar-refractivity contribution in [1.82, 2.24) is 10.2 Å². The fourth-order valence-electron chi connectivity index (χ4n) is 3.40. The number of aliphatic imine (C=N–C) groups is 1. The van der Waals surface area contributed by atoms with Gasteiger partial charge in [-0.2, -0.15) is 0 Å². The fraction of sp³-hybridized carbons (Fsp3) is 0.944. The molecule has 0 radical (unpaired) electrons. The summed E-state index contributed by atoms with van der Waals surface area (Å²) in [6, 6.07) is 0. The molecule has 6 heteroatoms. The van der Waals surface area contributed by atoms with Crippen LogP contribution < -0.4 is 5.32 Å². The first-order valence-electron chi connectivity index (χ1n) is 9.48. The highest BCUT2D eigenvalue weighted by Crippen LogP contribution is 2.20. The topological polar surface area (TPSA) is 46.1 Å². The summed E-state index contributed by atoms with van der Waals surface area (Å²) in [6.45, 7) is 7.51. The van der Waals surface area contributed by atoms with Gasteiger partial charge >= 0.3 is 0 Å². The van der Waals surface area contributed by atoms with Gasteiger partial charge in [0.1, 0.15) is 0 Å². The first-order chi connectivity index (χ1) is 11.3. The van der Waals surface area contributed by atoms with E-state index in [4.69, 9.17) is 14.5 Å². The Balaban J connectivity index is 0.00000288. The van der Waals surface area contributed by atoms with Gasteiger partial charge in [-0.05, 0) is 32.6 Å². The molecule has 1 saturated heterocycles. The molecule has 5 nitrogen and oxygen atoms in total. The molecule has 1 N–H and O–H groups in total. The van der Waals surface area contributed by atoms with Crippen molar-refractivity contribution in [2.45, 2.75) is 58.0 Å². The number of hydrogen-bond donors (Lipinski definition) is 1. The van der Waals surface area contributed by atoms with E-state index >= 15 is 0 Å². The number of hydrogen-bond acceptors (Lipinski definition) is 3. The van der Waals surface area contributed by atoms with Crippen LogP contribution >= 0.6 is 24.0 Å². The lowest BCUT2D eigenvalue weighted by Gasteiger charge is -2.24. The Bertz CT molecular complexity index is 343. The van der Waals surface area contributed by atoms with Gasteiger partial charge in [0.05, 0.1) is 12.7 Å². The first-order valence-corrected chi connectivity index (χ1v) is 9.48. The molecule has 0 aromatic rings. The molecule has 0 bridgehead atoms. The van der Waals surface area contributed by atoms with Crippen LogP contribution in [0, 0.1) is 5.92 Å². The number of nitrogens with zero attached hydrogens (tertiary/aromatic N) is 2. The molecule has 24 heavy (non-hydrogen) atoms. The highest BCUT2D eigenvalue weighted by molar-refractivity contribution is 14.0. The Labute approximate surface area is 165 Å². The number of halogens is 1. The molecule has 0 aromatic heterocycles. The summed E-state index contributed by atoms with van der Waals surface area (Å²) >= 11 is 0. The Kier molecular flexibility index (Phi) is 12.0. The maximum absolute atomic E-state index is 5.97. The molecule has 2 fully saturated rings. The Morgan fingerprint density at radius 3 is 2.71 bits per heavy atom. The summed E-state index contributed by atoms with van der Waals surface area (Å²) in [7, 11) is 2.12. The fourth-order valence-corrected chi connectivity index (χ4v) is 3.40. The predicted molar refractivity (Wildman–Crippen MR) is 110 cm³/mol. The van der Waals surface area contributed by atoms with Gasteiger partial charge in [-0.15, -0.1) is 24.0 Å². The highest BCUT2D eigenvalue weighted by Gasteiger charge is 2.19. The molecule has 142 valence electrons. The zero-order valence-electron chi connectivity index (χ0n) is 15.5. The summed E-state index contributed by atoms with van der Waals surface area (Å²) in [5.41, 5.74) is 0. The third kappa shape index (κ3) is 8.34. The molecule has 1 heterocycles. The van der Waals surface area contributed by atoms with Crippen LogP contribution in [0.2, 0.25) is 0 Å². The smallest absolute Gasteiger partial charge is 0.193 e. The van der Waals surface area contributed by atoms with Crippen LogP contribution in [-0.2, 0) is 9.47 Å². The molecule has 1 atom stereocenters. The SMILES string of the molecule is CCNC(=NCCCOC1CCCCC1)N(C)CC1CCOC1.I. The first kappa shape index (κ1) is 22.0. The van der Waals surface area contributed by atoms with Crippen LogP contribution in [0.3, 0.4) is 0 Å². The molecule has 1 aliphatic heterocycles. The molecule has 0 spiro atoms. The molecule has 1 saturated carbocycles. The van der Waals surface area contributed by atoms with Gasteiger partial charge in [0, 0.05) is 45.8 Å². The summed E-state index contributed by atoms with van der Waals surface area (Å²) in [6.07, 6.45) is 9.23. The van der Waals surface area contributed by atoms with Crippen molar-refractivity contribution in [3.05, 3.63) is 0 Å². The van der Waals surface area contributed by atoms with Crippen LogP contribution in [-0.4, -0.2) is 63.5 Å².